The molecule has 2 fully saturated rings. The molecule has 1 saturated carbocycles. The van der Waals surface area contributed by atoms with Crippen molar-refractivity contribution in [2.45, 2.75) is 19.4 Å². The highest BCUT2D eigenvalue weighted by Crippen LogP contribution is 2.30. The first kappa shape index (κ1) is 22.7. The number of rotatable bonds is 7. The van der Waals surface area contributed by atoms with Crippen molar-refractivity contribution in [1.82, 2.24) is 4.90 Å². The first-order valence-corrected chi connectivity index (χ1v) is 10.5. The first-order chi connectivity index (χ1) is 14.2. The van der Waals surface area contributed by atoms with E-state index < -0.39 is 0 Å². The molecule has 2 aromatic rings. The third-order valence-corrected chi connectivity index (χ3v) is 5.69. The predicted molar refractivity (Wildman–Crippen MR) is 135 cm³/mol. The lowest BCUT2D eigenvalue weighted by Crippen LogP contribution is -2.47. The van der Waals surface area contributed by atoms with E-state index in [0.717, 1.165) is 36.0 Å². The zero-order valence-corrected chi connectivity index (χ0v) is 19.9. The largest absolute Gasteiger partial charge is 0.495 e. The number of guanidine groups is 1. The molecule has 0 atom stereocenters. The monoisotopic (exact) mass is 521 g/mol. The first-order valence-electron chi connectivity index (χ1n) is 10.5. The van der Waals surface area contributed by atoms with Crippen LogP contribution in [0, 0.1) is 5.92 Å². The summed E-state index contributed by atoms with van der Waals surface area (Å²) in [5.41, 5.74) is 9.30. The van der Waals surface area contributed by atoms with Crippen molar-refractivity contribution in [3.8, 4) is 5.75 Å². The summed E-state index contributed by atoms with van der Waals surface area (Å²) in [7, 11) is 1.64. The Hall–Kier alpha value is -2.00. The molecular formula is C23H32IN5O. The zero-order valence-electron chi connectivity index (χ0n) is 17.6. The van der Waals surface area contributed by atoms with Crippen LogP contribution >= 0.6 is 24.0 Å². The predicted octanol–water partition coefficient (Wildman–Crippen LogP) is 3.77. The molecule has 0 bridgehead atoms. The lowest BCUT2D eigenvalue weighted by Gasteiger charge is -2.36. The van der Waals surface area contributed by atoms with Crippen LogP contribution in [-0.4, -0.2) is 50.7 Å². The number of hydrogen-bond donors (Lipinski definition) is 2. The number of anilines is 2. The van der Waals surface area contributed by atoms with Crippen LogP contribution in [0.3, 0.4) is 0 Å². The van der Waals surface area contributed by atoms with E-state index in [4.69, 9.17) is 10.5 Å². The number of nitrogens with two attached hydrogens (primary N) is 1. The number of ether oxygens (including phenoxy) is 1. The number of aliphatic imine (C=N–C) groups is 1. The Balaban J connectivity index is 0.00000256. The smallest absolute Gasteiger partial charge is 0.193 e. The summed E-state index contributed by atoms with van der Waals surface area (Å²) in [5, 5.41) is 3.11. The van der Waals surface area contributed by atoms with Crippen molar-refractivity contribution in [1.29, 1.82) is 0 Å². The molecule has 7 heteroatoms. The summed E-state index contributed by atoms with van der Waals surface area (Å²) >= 11 is 0. The lowest BCUT2D eigenvalue weighted by atomic mass is 10.1. The number of nitrogens with zero attached hydrogens (tertiary/aromatic N) is 3. The highest BCUT2D eigenvalue weighted by atomic mass is 127. The Kier molecular flexibility index (Phi) is 8.21. The third-order valence-electron chi connectivity index (χ3n) is 5.69. The van der Waals surface area contributed by atoms with E-state index in [1.165, 1.54) is 38.2 Å². The number of para-hydroxylation sites is 2. The minimum absolute atomic E-state index is 0. The second-order valence-corrected chi connectivity index (χ2v) is 7.92. The average Bonchev–Trinajstić information content (AvgIpc) is 3.58. The molecule has 0 amide bonds. The van der Waals surface area contributed by atoms with Crippen LogP contribution in [0.1, 0.15) is 18.4 Å². The van der Waals surface area contributed by atoms with Crippen molar-refractivity contribution >= 4 is 41.3 Å². The van der Waals surface area contributed by atoms with Gasteiger partial charge in [0.15, 0.2) is 5.96 Å². The van der Waals surface area contributed by atoms with Gasteiger partial charge in [-0.25, -0.2) is 4.99 Å². The highest BCUT2D eigenvalue weighted by Gasteiger charge is 2.26. The van der Waals surface area contributed by atoms with E-state index in [-0.39, 0.29) is 24.0 Å². The van der Waals surface area contributed by atoms with E-state index >= 15 is 0 Å². The van der Waals surface area contributed by atoms with E-state index in [9.17, 15) is 0 Å². The number of nitrogens with one attached hydrogen (secondary N) is 1. The lowest BCUT2D eigenvalue weighted by molar-refractivity contribution is 0.248. The summed E-state index contributed by atoms with van der Waals surface area (Å²) in [6.07, 6.45) is 2.87. The molecule has 30 heavy (non-hydrogen) atoms. The van der Waals surface area contributed by atoms with Gasteiger partial charge in [0.25, 0.3) is 0 Å². The van der Waals surface area contributed by atoms with E-state index in [1.807, 2.05) is 24.3 Å². The molecule has 3 N–H and O–H groups in total. The van der Waals surface area contributed by atoms with Crippen molar-refractivity contribution in [3.05, 3.63) is 54.1 Å². The van der Waals surface area contributed by atoms with Gasteiger partial charge in [-0.15, -0.1) is 24.0 Å². The molecule has 1 aliphatic carbocycles. The summed E-state index contributed by atoms with van der Waals surface area (Å²) < 4.78 is 5.33. The van der Waals surface area contributed by atoms with Crippen LogP contribution in [0.25, 0.3) is 0 Å². The van der Waals surface area contributed by atoms with Crippen LogP contribution in [-0.2, 0) is 6.54 Å². The van der Waals surface area contributed by atoms with Gasteiger partial charge in [0.1, 0.15) is 5.75 Å². The molecule has 1 saturated heterocycles. The fraction of sp³-hybridized carbons (Fsp3) is 0.435. The second-order valence-electron chi connectivity index (χ2n) is 7.92. The maximum absolute atomic E-state index is 6.05. The fourth-order valence-corrected chi connectivity index (χ4v) is 3.77. The summed E-state index contributed by atoms with van der Waals surface area (Å²) in [5.74, 6) is 2.10. The van der Waals surface area contributed by atoms with Gasteiger partial charge in [-0.1, -0.05) is 24.3 Å². The third kappa shape index (κ3) is 6.25. The topological polar surface area (TPSA) is 66.1 Å². The SMILES string of the molecule is COc1ccccc1NC(N)=NCc1ccc(N2CCN(CC3CC3)CC2)cc1.I. The maximum atomic E-state index is 6.05. The van der Waals surface area contributed by atoms with E-state index in [0.29, 0.717) is 12.5 Å². The molecule has 0 radical (unpaired) electrons. The van der Waals surface area contributed by atoms with Gasteiger partial charge in [-0.2, -0.15) is 0 Å². The quantitative estimate of drug-likeness (QED) is 0.330. The van der Waals surface area contributed by atoms with Crippen LogP contribution in [0.2, 0.25) is 0 Å². The molecule has 0 aromatic heterocycles. The standard InChI is InChI=1S/C23H31N5O.HI/c1-29-22-5-3-2-4-21(22)26-23(24)25-16-18-8-10-20(11-9-18)28-14-12-27(13-15-28)17-19-6-7-19;/h2-5,8-11,19H,6-7,12-17H2,1H3,(H3,24,25,26);1H. The van der Waals surface area contributed by atoms with Gasteiger partial charge in [0.2, 0.25) is 0 Å². The van der Waals surface area contributed by atoms with E-state index in [1.54, 1.807) is 7.11 Å². The number of halogens is 1. The van der Waals surface area contributed by atoms with Crippen molar-refractivity contribution in [3.63, 3.8) is 0 Å². The summed E-state index contributed by atoms with van der Waals surface area (Å²) in [4.78, 5) is 9.56. The van der Waals surface area contributed by atoms with Crippen LogP contribution in [0.5, 0.6) is 5.75 Å². The molecule has 6 nitrogen and oxygen atoms in total. The summed E-state index contributed by atoms with van der Waals surface area (Å²) in [6.45, 7) is 6.42. The fourth-order valence-electron chi connectivity index (χ4n) is 3.77. The minimum atomic E-state index is 0. The van der Waals surface area contributed by atoms with Crippen molar-refractivity contribution < 1.29 is 4.74 Å². The molecule has 1 heterocycles. The Morgan fingerprint density at radius 2 is 1.77 bits per heavy atom. The molecule has 2 aliphatic rings. The Morgan fingerprint density at radius 1 is 1.07 bits per heavy atom. The number of piperazine rings is 1. The maximum Gasteiger partial charge on any atom is 0.193 e. The number of benzene rings is 2. The Morgan fingerprint density at radius 3 is 2.43 bits per heavy atom. The molecule has 0 unspecified atom stereocenters. The van der Waals surface area contributed by atoms with Gasteiger partial charge in [-0.3, -0.25) is 4.90 Å². The second kappa shape index (κ2) is 10.9. The Bertz CT molecular complexity index is 830. The number of hydrogen-bond acceptors (Lipinski definition) is 4. The molecule has 4 rings (SSSR count). The molecular weight excluding hydrogens is 489 g/mol. The van der Waals surface area contributed by atoms with Gasteiger partial charge in [0, 0.05) is 38.4 Å². The Labute approximate surface area is 196 Å². The molecule has 0 spiro atoms. The van der Waals surface area contributed by atoms with Crippen LogP contribution in [0.4, 0.5) is 11.4 Å². The molecule has 2 aromatic carbocycles. The van der Waals surface area contributed by atoms with Crippen LogP contribution < -0.4 is 20.7 Å². The number of methoxy groups -OCH3 is 1. The highest BCUT2D eigenvalue weighted by molar-refractivity contribution is 14.0. The average molecular weight is 521 g/mol. The van der Waals surface area contributed by atoms with E-state index in [2.05, 4.69) is 44.4 Å². The van der Waals surface area contributed by atoms with Gasteiger partial charge in [0.05, 0.1) is 19.3 Å². The minimum Gasteiger partial charge on any atom is -0.495 e. The van der Waals surface area contributed by atoms with Crippen LogP contribution in [0.15, 0.2) is 53.5 Å². The van der Waals surface area contributed by atoms with Gasteiger partial charge < -0.3 is 20.7 Å². The normalized spacial score (nSPS) is 17.4. The summed E-state index contributed by atoms with van der Waals surface area (Å²) in [6, 6.07) is 16.4. The van der Waals surface area contributed by atoms with Crippen molar-refractivity contribution in [2.24, 2.45) is 16.6 Å². The van der Waals surface area contributed by atoms with Gasteiger partial charge in [-0.05, 0) is 48.6 Å². The van der Waals surface area contributed by atoms with Gasteiger partial charge >= 0.3 is 0 Å². The molecule has 162 valence electrons. The van der Waals surface area contributed by atoms with Crippen molar-refractivity contribution in [2.75, 3.05) is 50.1 Å². The zero-order chi connectivity index (χ0) is 20.1. The molecule has 1 aliphatic heterocycles.